The Morgan fingerprint density at radius 1 is 1.04 bits per heavy atom. The lowest BCUT2D eigenvalue weighted by molar-refractivity contribution is 0.288. The maximum atomic E-state index is 5.71. The molecule has 0 amide bonds. The quantitative estimate of drug-likeness (QED) is 0.560. The fourth-order valence-electron chi connectivity index (χ4n) is 3.09. The largest absolute Gasteiger partial charge is 0.497 e. The zero-order valence-corrected chi connectivity index (χ0v) is 16.6. The molecule has 1 aromatic heterocycles. The van der Waals surface area contributed by atoms with Gasteiger partial charge in [0.1, 0.15) is 10.4 Å². The first-order chi connectivity index (χ1) is 13.7. The van der Waals surface area contributed by atoms with Crippen molar-refractivity contribution in [3.05, 3.63) is 76.1 Å². The zero-order chi connectivity index (χ0) is 19.5. The molecule has 144 valence electrons. The minimum absolute atomic E-state index is 0.626. The van der Waals surface area contributed by atoms with Gasteiger partial charge < -0.3 is 4.74 Å². The summed E-state index contributed by atoms with van der Waals surface area (Å²) in [6.07, 6.45) is 2.89. The topological polar surface area (TPSA) is 69.6 Å². The van der Waals surface area contributed by atoms with Gasteiger partial charge in [-0.2, -0.15) is 0 Å². The number of nitrogens with zero attached hydrogens (tertiary/aromatic N) is 3. The van der Waals surface area contributed by atoms with E-state index < -0.39 is 0 Å². The highest BCUT2D eigenvalue weighted by atomic mass is 32.1. The number of rotatable bonds is 6. The fraction of sp³-hybridized carbons (Fsp3) is 0.200. The molecule has 0 unspecified atom stereocenters. The Hall–Kier alpha value is -3.10. The van der Waals surface area contributed by atoms with Crippen LogP contribution in [-0.4, -0.2) is 27.7 Å². The van der Waals surface area contributed by atoms with Crippen molar-refractivity contribution < 1.29 is 4.74 Å². The van der Waals surface area contributed by atoms with Gasteiger partial charge in [0.05, 0.1) is 24.9 Å². The first-order valence-corrected chi connectivity index (χ1v) is 9.49. The van der Waals surface area contributed by atoms with Gasteiger partial charge in [-0.25, -0.2) is 10.2 Å². The van der Waals surface area contributed by atoms with Crippen molar-refractivity contribution in [2.45, 2.75) is 19.9 Å². The lowest BCUT2D eigenvalue weighted by Gasteiger charge is -2.18. The van der Waals surface area contributed by atoms with Crippen molar-refractivity contribution in [2.24, 2.45) is 5.10 Å². The van der Waals surface area contributed by atoms with Crippen LogP contribution in [0.5, 0.6) is 5.75 Å². The second-order valence-electron chi connectivity index (χ2n) is 6.44. The highest BCUT2D eigenvalue weighted by Crippen LogP contribution is 2.18. The fourth-order valence-corrected chi connectivity index (χ4v) is 3.40. The van der Waals surface area contributed by atoms with Crippen molar-refractivity contribution in [1.29, 1.82) is 0 Å². The molecule has 0 radical (unpaired) electrons. The SMILES string of the molecule is CCc1ccc(-n2[nH]cc(C3=NNNN3Cc3ccc(OC)cc3)c2=S)cc1. The molecule has 0 saturated heterocycles. The number of benzene rings is 2. The van der Waals surface area contributed by atoms with Crippen LogP contribution in [0.2, 0.25) is 0 Å². The number of aryl methyl sites for hydroxylation is 1. The summed E-state index contributed by atoms with van der Waals surface area (Å²) in [4.78, 5) is 0. The van der Waals surface area contributed by atoms with Crippen LogP contribution in [0.15, 0.2) is 59.8 Å². The maximum Gasteiger partial charge on any atom is 0.177 e. The summed E-state index contributed by atoms with van der Waals surface area (Å²) in [5.74, 6) is 1.57. The van der Waals surface area contributed by atoms with Crippen LogP contribution in [0.4, 0.5) is 0 Å². The molecule has 3 N–H and O–H groups in total. The number of aromatic amines is 1. The number of methoxy groups -OCH3 is 1. The van der Waals surface area contributed by atoms with Gasteiger partial charge in [-0.05, 0) is 41.8 Å². The number of nitrogens with one attached hydrogen (secondary N) is 3. The van der Waals surface area contributed by atoms with Gasteiger partial charge in [-0.3, -0.25) is 10.1 Å². The van der Waals surface area contributed by atoms with Crippen LogP contribution in [0, 0.1) is 4.64 Å². The molecular formula is C20H22N6OS. The Kier molecular flexibility index (Phi) is 5.14. The minimum atomic E-state index is 0.626. The van der Waals surface area contributed by atoms with E-state index >= 15 is 0 Å². The van der Waals surface area contributed by atoms with E-state index in [0.29, 0.717) is 11.2 Å². The van der Waals surface area contributed by atoms with Crippen LogP contribution in [0.3, 0.4) is 0 Å². The van der Waals surface area contributed by atoms with Crippen LogP contribution in [0.25, 0.3) is 5.69 Å². The summed E-state index contributed by atoms with van der Waals surface area (Å²) in [5.41, 5.74) is 10.1. The molecule has 0 bridgehead atoms. The van der Waals surface area contributed by atoms with E-state index in [1.807, 2.05) is 40.2 Å². The molecule has 2 heterocycles. The molecule has 0 aliphatic carbocycles. The monoisotopic (exact) mass is 394 g/mol. The number of aromatic nitrogens is 2. The average molecular weight is 395 g/mol. The number of hydrazone groups is 1. The van der Waals surface area contributed by atoms with E-state index in [0.717, 1.165) is 34.8 Å². The molecule has 0 saturated carbocycles. The molecule has 1 aliphatic heterocycles. The van der Waals surface area contributed by atoms with Crippen molar-refractivity contribution in [3.8, 4) is 11.4 Å². The lowest BCUT2D eigenvalue weighted by Crippen LogP contribution is -2.40. The van der Waals surface area contributed by atoms with Gasteiger partial charge in [-0.15, -0.1) is 10.6 Å². The molecule has 0 fully saturated rings. The number of hydrogen-bond acceptors (Lipinski definition) is 6. The third kappa shape index (κ3) is 3.51. The average Bonchev–Trinajstić information content (AvgIpc) is 3.34. The molecular weight excluding hydrogens is 372 g/mol. The van der Waals surface area contributed by atoms with Crippen LogP contribution in [-0.2, 0) is 13.0 Å². The number of amidine groups is 1. The summed E-state index contributed by atoms with van der Waals surface area (Å²) >= 11 is 5.71. The van der Waals surface area contributed by atoms with E-state index in [1.54, 1.807) is 7.11 Å². The highest BCUT2D eigenvalue weighted by Gasteiger charge is 2.22. The van der Waals surface area contributed by atoms with E-state index in [9.17, 15) is 0 Å². The van der Waals surface area contributed by atoms with Gasteiger partial charge in [0.15, 0.2) is 5.84 Å². The van der Waals surface area contributed by atoms with Crippen molar-refractivity contribution in [3.63, 3.8) is 0 Å². The summed E-state index contributed by atoms with van der Waals surface area (Å²) < 4.78 is 7.78. The zero-order valence-electron chi connectivity index (χ0n) is 15.8. The first kappa shape index (κ1) is 18.3. The maximum absolute atomic E-state index is 5.71. The Labute approximate surface area is 168 Å². The molecule has 4 rings (SSSR count). The van der Waals surface area contributed by atoms with Crippen molar-refractivity contribution >= 4 is 18.1 Å². The van der Waals surface area contributed by atoms with E-state index in [1.165, 1.54) is 5.56 Å². The second kappa shape index (κ2) is 7.87. The summed E-state index contributed by atoms with van der Waals surface area (Å²) in [5, 5.41) is 9.53. The normalized spacial score (nSPS) is 13.4. The highest BCUT2D eigenvalue weighted by molar-refractivity contribution is 7.71. The van der Waals surface area contributed by atoms with E-state index in [-0.39, 0.29) is 0 Å². The third-order valence-corrected chi connectivity index (χ3v) is 5.12. The van der Waals surface area contributed by atoms with Crippen LogP contribution in [0.1, 0.15) is 23.6 Å². The second-order valence-corrected chi connectivity index (χ2v) is 6.83. The minimum Gasteiger partial charge on any atom is -0.497 e. The van der Waals surface area contributed by atoms with Gasteiger partial charge in [0, 0.05) is 6.20 Å². The summed E-state index contributed by atoms with van der Waals surface area (Å²) in [7, 11) is 1.66. The van der Waals surface area contributed by atoms with E-state index in [4.69, 9.17) is 17.0 Å². The molecule has 2 aromatic carbocycles. The van der Waals surface area contributed by atoms with Gasteiger partial charge in [-0.1, -0.05) is 43.4 Å². The Bertz CT molecular complexity index is 1040. The predicted molar refractivity (Wildman–Crippen MR) is 112 cm³/mol. The van der Waals surface area contributed by atoms with Crippen LogP contribution < -0.4 is 15.8 Å². The molecule has 0 atom stereocenters. The Morgan fingerprint density at radius 3 is 2.43 bits per heavy atom. The van der Waals surface area contributed by atoms with Gasteiger partial charge in [0.25, 0.3) is 0 Å². The Balaban J connectivity index is 1.57. The molecule has 1 aliphatic rings. The number of hydrogen-bond donors (Lipinski definition) is 3. The lowest BCUT2D eigenvalue weighted by atomic mass is 10.1. The number of ether oxygens (including phenoxy) is 1. The number of H-pyrrole nitrogens is 1. The predicted octanol–water partition coefficient (Wildman–Crippen LogP) is 3.29. The number of hydrazine groups is 2. The molecule has 3 aromatic rings. The summed E-state index contributed by atoms with van der Waals surface area (Å²) in [6.45, 7) is 2.77. The van der Waals surface area contributed by atoms with Gasteiger partial charge >= 0.3 is 0 Å². The third-order valence-electron chi connectivity index (χ3n) is 4.72. The smallest absolute Gasteiger partial charge is 0.177 e. The van der Waals surface area contributed by atoms with Gasteiger partial charge in [0.2, 0.25) is 0 Å². The van der Waals surface area contributed by atoms with Crippen molar-refractivity contribution in [2.75, 3.05) is 7.11 Å². The first-order valence-electron chi connectivity index (χ1n) is 9.08. The summed E-state index contributed by atoms with van der Waals surface area (Å²) in [6, 6.07) is 16.3. The molecule has 28 heavy (non-hydrogen) atoms. The molecule has 7 nitrogen and oxygen atoms in total. The molecule has 8 heteroatoms. The van der Waals surface area contributed by atoms with E-state index in [2.05, 4.69) is 52.5 Å². The molecule has 0 spiro atoms. The van der Waals surface area contributed by atoms with Crippen LogP contribution >= 0.6 is 12.2 Å². The Morgan fingerprint density at radius 2 is 1.75 bits per heavy atom. The standard InChI is InChI=1S/C20H22N6OS/c1-3-14-4-8-16(9-5-14)26-20(28)18(12-21-26)19-22-23-24-25(19)13-15-6-10-17(27-2)11-7-15/h4-12,21,23-24H,3,13H2,1-2H3. The van der Waals surface area contributed by atoms with Crippen molar-refractivity contribution in [1.82, 2.24) is 25.9 Å².